The Morgan fingerprint density at radius 1 is 1.04 bits per heavy atom. The molecule has 1 aromatic heterocycles. The number of hydrogen-bond donors (Lipinski definition) is 2. The molecule has 3 rings (SSSR count). The SMILES string of the molecule is CCNC(=O)c1cccc(NC(=O)Cn2ccc(=O)c3ccccc32)c1. The summed E-state index contributed by atoms with van der Waals surface area (Å²) in [6.45, 7) is 2.44. The molecule has 0 bridgehead atoms. The lowest BCUT2D eigenvalue weighted by atomic mass is 10.2. The number of fused-ring (bicyclic) bond motifs is 1. The van der Waals surface area contributed by atoms with Gasteiger partial charge in [0, 0.05) is 35.4 Å². The van der Waals surface area contributed by atoms with Crippen LogP contribution in [0.1, 0.15) is 17.3 Å². The number of nitrogens with one attached hydrogen (secondary N) is 2. The first-order chi connectivity index (χ1) is 12.6. The van der Waals surface area contributed by atoms with Crippen LogP contribution in [0.15, 0.2) is 65.6 Å². The van der Waals surface area contributed by atoms with E-state index >= 15 is 0 Å². The highest BCUT2D eigenvalue weighted by Gasteiger charge is 2.09. The predicted octanol–water partition coefficient (Wildman–Crippen LogP) is 2.39. The van der Waals surface area contributed by atoms with E-state index < -0.39 is 0 Å². The molecule has 0 aliphatic heterocycles. The molecule has 0 fully saturated rings. The monoisotopic (exact) mass is 349 g/mol. The van der Waals surface area contributed by atoms with Crippen LogP contribution in [0.2, 0.25) is 0 Å². The zero-order valence-electron chi connectivity index (χ0n) is 14.4. The molecular formula is C20H19N3O3. The first kappa shape index (κ1) is 17.4. The number of carbonyl (C=O) groups excluding carboxylic acids is 2. The molecule has 2 N–H and O–H groups in total. The molecule has 6 heteroatoms. The number of para-hydroxylation sites is 1. The van der Waals surface area contributed by atoms with Crippen molar-refractivity contribution in [3.63, 3.8) is 0 Å². The van der Waals surface area contributed by atoms with Gasteiger partial charge >= 0.3 is 0 Å². The smallest absolute Gasteiger partial charge is 0.251 e. The number of rotatable bonds is 5. The van der Waals surface area contributed by atoms with E-state index in [1.165, 1.54) is 6.07 Å². The molecule has 0 spiro atoms. The number of nitrogens with zero attached hydrogens (tertiary/aromatic N) is 1. The topological polar surface area (TPSA) is 80.2 Å². The number of aromatic nitrogens is 1. The molecule has 0 unspecified atom stereocenters. The second-order valence-corrected chi connectivity index (χ2v) is 5.81. The fourth-order valence-corrected chi connectivity index (χ4v) is 2.75. The van der Waals surface area contributed by atoms with Gasteiger partial charge in [0.2, 0.25) is 5.91 Å². The summed E-state index contributed by atoms with van der Waals surface area (Å²) >= 11 is 0. The van der Waals surface area contributed by atoms with Gasteiger partial charge in [0.15, 0.2) is 5.43 Å². The Balaban J connectivity index is 1.78. The van der Waals surface area contributed by atoms with E-state index in [1.54, 1.807) is 53.2 Å². The van der Waals surface area contributed by atoms with Crippen LogP contribution in [0.25, 0.3) is 10.9 Å². The maximum atomic E-state index is 12.4. The zero-order chi connectivity index (χ0) is 18.5. The fourth-order valence-electron chi connectivity index (χ4n) is 2.75. The van der Waals surface area contributed by atoms with E-state index in [9.17, 15) is 14.4 Å². The number of benzene rings is 2. The lowest BCUT2D eigenvalue weighted by Crippen LogP contribution is -2.23. The van der Waals surface area contributed by atoms with E-state index in [1.807, 2.05) is 13.0 Å². The third-order valence-corrected chi connectivity index (χ3v) is 3.94. The van der Waals surface area contributed by atoms with Crippen molar-refractivity contribution in [1.29, 1.82) is 0 Å². The molecule has 0 aliphatic rings. The van der Waals surface area contributed by atoms with Crippen LogP contribution in [0.4, 0.5) is 5.69 Å². The quantitative estimate of drug-likeness (QED) is 0.742. The van der Waals surface area contributed by atoms with E-state index in [0.717, 1.165) is 0 Å². The van der Waals surface area contributed by atoms with Gasteiger partial charge in [-0.3, -0.25) is 14.4 Å². The molecule has 6 nitrogen and oxygen atoms in total. The minimum atomic E-state index is -0.244. The van der Waals surface area contributed by atoms with Crippen LogP contribution in [-0.2, 0) is 11.3 Å². The number of anilines is 1. The Kier molecular flexibility index (Phi) is 5.12. The van der Waals surface area contributed by atoms with Crippen molar-refractivity contribution in [2.45, 2.75) is 13.5 Å². The van der Waals surface area contributed by atoms with Crippen molar-refractivity contribution < 1.29 is 9.59 Å². The van der Waals surface area contributed by atoms with Gasteiger partial charge < -0.3 is 15.2 Å². The van der Waals surface area contributed by atoms with Gasteiger partial charge in [-0.1, -0.05) is 18.2 Å². The molecule has 0 saturated heterocycles. The van der Waals surface area contributed by atoms with Gasteiger partial charge in [0.05, 0.1) is 5.52 Å². The van der Waals surface area contributed by atoms with Crippen molar-refractivity contribution in [3.05, 3.63) is 76.6 Å². The number of hydrogen-bond acceptors (Lipinski definition) is 3. The number of amides is 2. The Bertz CT molecular complexity index is 1020. The second-order valence-electron chi connectivity index (χ2n) is 5.81. The van der Waals surface area contributed by atoms with Crippen molar-refractivity contribution in [1.82, 2.24) is 9.88 Å². The van der Waals surface area contributed by atoms with E-state index in [-0.39, 0.29) is 23.8 Å². The molecule has 132 valence electrons. The lowest BCUT2D eigenvalue weighted by Gasteiger charge is -2.11. The summed E-state index contributed by atoms with van der Waals surface area (Å²) < 4.78 is 1.72. The highest BCUT2D eigenvalue weighted by atomic mass is 16.2. The van der Waals surface area contributed by atoms with Crippen molar-refractivity contribution in [2.24, 2.45) is 0 Å². The Morgan fingerprint density at radius 2 is 1.85 bits per heavy atom. The maximum absolute atomic E-state index is 12.4. The van der Waals surface area contributed by atoms with Crippen molar-refractivity contribution in [2.75, 3.05) is 11.9 Å². The van der Waals surface area contributed by atoms with Gasteiger partial charge in [-0.2, -0.15) is 0 Å². The average molecular weight is 349 g/mol. The Hall–Kier alpha value is -3.41. The second kappa shape index (κ2) is 7.65. The molecule has 1 heterocycles. The van der Waals surface area contributed by atoms with Crippen molar-refractivity contribution >= 4 is 28.4 Å². The standard InChI is InChI=1S/C20H19N3O3/c1-2-21-20(26)14-6-5-7-15(12-14)22-19(25)13-23-11-10-18(24)16-8-3-4-9-17(16)23/h3-12H,2,13H2,1H3,(H,21,26)(H,22,25). The predicted molar refractivity (Wildman–Crippen MR) is 101 cm³/mol. The lowest BCUT2D eigenvalue weighted by molar-refractivity contribution is -0.116. The first-order valence-corrected chi connectivity index (χ1v) is 8.35. The highest BCUT2D eigenvalue weighted by Crippen LogP contribution is 2.12. The van der Waals surface area contributed by atoms with E-state index in [0.29, 0.717) is 28.7 Å². The Morgan fingerprint density at radius 3 is 2.65 bits per heavy atom. The molecule has 0 aliphatic carbocycles. The summed E-state index contributed by atoms with van der Waals surface area (Å²) in [7, 11) is 0. The summed E-state index contributed by atoms with van der Waals surface area (Å²) in [6, 6.07) is 15.4. The Labute approximate surface area is 150 Å². The van der Waals surface area contributed by atoms with Crippen LogP contribution in [0.5, 0.6) is 0 Å². The fraction of sp³-hybridized carbons (Fsp3) is 0.150. The summed E-state index contributed by atoms with van der Waals surface area (Å²) in [5.41, 5.74) is 1.65. The van der Waals surface area contributed by atoms with Gasteiger partial charge in [-0.25, -0.2) is 0 Å². The summed E-state index contributed by atoms with van der Waals surface area (Å²) in [5.74, 6) is -0.429. The third-order valence-electron chi connectivity index (χ3n) is 3.94. The number of carbonyl (C=O) groups is 2. The van der Waals surface area contributed by atoms with Crippen LogP contribution in [0, 0.1) is 0 Å². The average Bonchev–Trinajstić information content (AvgIpc) is 2.65. The zero-order valence-corrected chi connectivity index (χ0v) is 14.4. The first-order valence-electron chi connectivity index (χ1n) is 8.35. The van der Waals surface area contributed by atoms with Crippen molar-refractivity contribution in [3.8, 4) is 0 Å². The van der Waals surface area contributed by atoms with Gasteiger partial charge in [-0.15, -0.1) is 0 Å². The minimum absolute atomic E-state index is 0.0617. The molecule has 26 heavy (non-hydrogen) atoms. The number of pyridine rings is 1. The van der Waals surface area contributed by atoms with E-state index in [4.69, 9.17) is 0 Å². The molecule has 2 amide bonds. The molecule has 0 radical (unpaired) electrons. The summed E-state index contributed by atoms with van der Waals surface area (Å²) in [4.78, 5) is 36.2. The largest absolute Gasteiger partial charge is 0.352 e. The van der Waals surface area contributed by atoms with Gasteiger partial charge in [0.25, 0.3) is 5.91 Å². The maximum Gasteiger partial charge on any atom is 0.251 e. The van der Waals surface area contributed by atoms with E-state index in [2.05, 4.69) is 10.6 Å². The van der Waals surface area contributed by atoms with Gasteiger partial charge in [-0.05, 0) is 37.3 Å². The van der Waals surface area contributed by atoms with Crippen LogP contribution < -0.4 is 16.1 Å². The molecule has 2 aromatic carbocycles. The molecule has 0 atom stereocenters. The van der Waals surface area contributed by atoms with Gasteiger partial charge in [0.1, 0.15) is 6.54 Å². The summed E-state index contributed by atoms with van der Waals surface area (Å²) in [6.07, 6.45) is 1.61. The van der Waals surface area contributed by atoms with Crippen LogP contribution in [0.3, 0.4) is 0 Å². The third kappa shape index (κ3) is 3.80. The van der Waals surface area contributed by atoms with Crippen LogP contribution in [-0.4, -0.2) is 22.9 Å². The minimum Gasteiger partial charge on any atom is -0.352 e. The highest BCUT2D eigenvalue weighted by molar-refractivity contribution is 5.97. The molecule has 3 aromatic rings. The normalized spacial score (nSPS) is 10.5. The molecule has 0 saturated carbocycles. The van der Waals surface area contributed by atoms with Crippen LogP contribution >= 0.6 is 0 Å². The molecular weight excluding hydrogens is 330 g/mol. The summed E-state index contributed by atoms with van der Waals surface area (Å²) in [5, 5.41) is 6.08.